The number of thiocarbonyl (C=S) groups is 1. The molecule has 0 amide bonds. The summed E-state index contributed by atoms with van der Waals surface area (Å²) in [6.07, 6.45) is 0. The van der Waals surface area contributed by atoms with Crippen LogP contribution in [0.25, 0.3) is 0 Å². The van der Waals surface area contributed by atoms with Gasteiger partial charge in [-0.1, -0.05) is 30.4 Å². The number of methoxy groups -OCH3 is 2. The van der Waals surface area contributed by atoms with Gasteiger partial charge in [0.25, 0.3) is 0 Å². The largest absolute Gasteiger partial charge is 0.493 e. The zero-order chi connectivity index (χ0) is 18.8. The van der Waals surface area contributed by atoms with Gasteiger partial charge in [-0.05, 0) is 24.3 Å². The zero-order valence-corrected chi connectivity index (χ0v) is 14.9. The highest BCUT2D eigenvalue weighted by atomic mass is 32.1. The number of nitrogens with one attached hydrogen (secondary N) is 1. The molecule has 3 rings (SSSR count). The number of para-hydroxylation sites is 1. The minimum atomic E-state index is -1.36. The molecule has 2 aromatic rings. The highest BCUT2D eigenvalue weighted by molar-refractivity contribution is 7.80. The van der Waals surface area contributed by atoms with Crippen molar-refractivity contribution in [3.05, 3.63) is 53.6 Å². The van der Waals surface area contributed by atoms with Crippen molar-refractivity contribution < 1.29 is 23.9 Å². The van der Waals surface area contributed by atoms with Gasteiger partial charge in [0.1, 0.15) is 5.92 Å². The Hall–Kier alpha value is -3.06. The Bertz CT molecular complexity index is 923. The first-order chi connectivity index (χ1) is 12.5. The Labute approximate surface area is 155 Å². The normalized spacial score (nSPS) is 16.1. The maximum atomic E-state index is 12.9. The summed E-state index contributed by atoms with van der Waals surface area (Å²) in [5.74, 6) is -2.97. The number of Topliss-reactive ketones (excluding diaryl/α,β-unsaturated/α-hetero) is 3. The van der Waals surface area contributed by atoms with E-state index in [1.807, 2.05) is 6.07 Å². The number of benzene rings is 2. The molecule has 1 unspecified atom stereocenters. The molecule has 0 aliphatic heterocycles. The van der Waals surface area contributed by atoms with Gasteiger partial charge in [0.2, 0.25) is 11.6 Å². The maximum Gasteiger partial charge on any atom is 0.230 e. The maximum absolute atomic E-state index is 12.9. The lowest BCUT2D eigenvalue weighted by molar-refractivity contribution is -0.116. The van der Waals surface area contributed by atoms with Crippen LogP contribution < -0.4 is 14.8 Å². The molecule has 0 saturated carbocycles. The average Bonchev–Trinajstić information content (AvgIpc) is 2.66. The van der Waals surface area contributed by atoms with Crippen molar-refractivity contribution in [1.82, 2.24) is 0 Å². The summed E-state index contributed by atoms with van der Waals surface area (Å²) in [5.41, 5.74) is 0.717. The number of fused-ring (bicyclic) bond motifs is 1. The summed E-state index contributed by atoms with van der Waals surface area (Å²) in [5, 5.41) is 2.86. The highest BCUT2D eigenvalue weighted by Gasteiger charge is 2.43. The van der Waals surface area contributed by atoms with Gasteiger partial charge in [-0.15, -0.1) is 0 Å². The first kappa shape index (κ1) is 17.8. The van der Waals surface area contributed by atoms with Crippen LogP contribution >= 0.6 is 12.2 Å². The van der Waals surface area contributed by atoms with E-state index in [2.05, 4.69) is 5.32 Å². The van der Waals surface area contributed by atoms with Gasteiger partial charge in [-0.3, -0.25) is 14.4 Å². The van der Waals surface area contributed by atoms with Crippen LogP contribution in [0.1, 0.15) is 20.7 Å². The third-order valence-electron chi connectivity index (χ3n) is 4.09. The van der Waals surface area contributed by atoms with Crippen molar-refractivity contribution in [2.24, 2.45) is 5.92 Å². The van der Waals surface area contributed by atoms with Crippen molar-refractivity contribution >= 4 is 40.2 Å². The number of carbonyl (C=O) groups is 3. The predicted molar refractivity (Wildman–Crippen MR) is 99.4 cm³/mol. The van der Waals surface area contributed by atoms with Crippen molar-refractivity contribution in [2.75, 3.05) is 19.5 Å². The molecular formula is C19H15NO5S. The quantitative estimate of drug-likeness (QED) is 0.504. The van der Waals surface area contributed by atoms with Crippen LogP contribution in [0.3, 0.4) is 0 Å². The molecule has 2 aromatic carbocycles. The molecule has 132 valence electrons. The minimum absolute atomic E-state index is 0.00332. The van der Waals surface area contributed by atoms with E-state index in [9.17, 15) is 14.4 Å². The van der Waals surface area contributed by atoms with Crippen LogP contribution in [-0.2, 0) is 4.79 Å². The molecule has 0 bridgehead atoms. The highest BCUT2D eigenvalue weighted by Crippen LogP contribution is 2.35. The average molecular weight is 369 g/mol. The Morgan fingerprint density at radius 3 is 2.08 bits per heavy atom. The van der Waals surface area contributed by atoms with Gasteiger partial charge in [-0.25, -0.2) is 0 Å². The van der Waals surface area contributed by atoms with Crippen LogP contribution in [0.4, 0.5) is 5.69 Å². The van der Waals surface area contributed by atoms with E-state index in [4.69, 9.17) is 21.7 Å². The summed E-state index contributed by atoms with van der Waals surface area (Å²) >= 11 is 5.24. The SMILES string of the molecule is COc1cc2c(cc1OC)C(=O)C(C(=S)Nc1ccccc1)C(=O)C2=O. The fraction of sp³-hybridized carbons (Fsp3) is 0.158. The second-order valence-corrected chi connectivity index (χ2v) is 6.04. The molecule has 1 aliphatic carbocycles. The fourth-order valence-electron chi connectivity index (χ4n) is 2.78. The van der Waals surface area contributed by atoms with E-state index in [0.29, 0.717) is 11.4 Å². The lowest BCUT2D eigenvalue weighted by Crippen LogP contribution is -2.43. The number of rotatable bonds is 4. The third-order valence-corrected chi connectivity index (χ3v) is 4.42. The molecule has 26 heavy (non-hydrogen) atoms. The van der Waals surface area contributed by atoms with Crippen LogP contribution in [0, 0.1) is 5.92 Å². The van der Waals surface area contributed by atoms with Crippen molar-refractivity contribution in [3.8, 4) is 11.5 Å². The molecule has 1 aliphatic rings. The van der Waals surface area contributed by atoms with Crippen LogP contribution in [-0.4, -0.2) is 36.6 Å². The number of hydrogen-bond donors (Lipinski definition) is 1. The van der Waals surface area contributed by atoms with Gasteiger partial charge < -0.3 is 14.8 Å². The molecule has 7 heteroatoms. The Balaban J connectivity index is 2.01. The molecule has 0 aromatic heterocycles. The summed E-state index contributed by atoms with van der Waals surface area (Å²) in [4.78, 5) is 37.9. The van der Waals surface area contributed by atoms with Crippen molar-refractivity contribution in [2.45, 2.75) is 0 Å². The zero-order valence-electron chi connectivity index (χ0n) is 14.1. The van der Waals surface area contributed by atoms with Gasteiger partial charge in [0.15, 0.2) is 17.3 Å². The van der Waals surface area contributed by atoms with Gasteiger partial charge in [-0.2, -0.15) is 0 Å². The van der Waals surface area contributed by atoms with Gasteiger partial charge >= 0.3 is 0 Å². The van der Waals surface area contributed by atoms with Crippen molar-refractivity contribution in [1.29, 1.82) is 0 Å². The fourth-order valence-corrected chi connectivity index (χ4v) is 3.12. The second kappa shape index (κ2) is 7.05. The number of carbonyl (C=O) groups excluding carboxylic acids is 3. The Kier molecular flexibility index (Phi) is 4.81. The van der Waals surface area contributed by atoms with E-state index in [1.165, 1.54) is 26.4 Å². The van der Waals surface area contributed by atoms with E-state index < -0.39 is 23.3 Å². The van der Waals surface area contributed by atoms with E-state index in [1.54, 1.807) is 24.3 Å². The van der Waals surface area contributed by atoms with Crippen LogP contribution in [0.5, 0.6) is 11.5 Å². The van der Waals surface area contributed by atoms with Gasteiger partial charge in [0.05, 0.1) is 19.2 Å². The second-order valence-electron chi connectivity index (χ2n) is 5.60. The molecule has 0 spiro atoms. The molecule has 6 nitrogen and oxygen atoms in total. The lowest BCUT2D eigenvalue weighted by Gasteiger charge is -2.23. The molecule has 1 N–H and O–H groups in total. The van der Waals surface area contributed by atoms with Crippen LogP contribution in [0.2, 0.25) is 0 Å². The Morgan fingerprint density at radius 1 is 0.923 bits per heavy atom. The number of ketones is 3. The van der Waals surface area contributed by atoms with E-state index >= 15 is 0 Å². The predicted octanol–water partition coefficient (Wildman–Crippen LogP) is 2.71. The van der Waals surface area contributed by atoms with E-state index in [-0.39, 0.29) is 21.9 Å². The molecule has 1 atom stereocenters. The summed E-state index contributed by atoms with van der Waals surface area (Å²) in [6.45, 7) is 0. The molecule has 0 heterocycles. The minimum Gasteiger partial charge on any atom is -0.493 e. The lowest BCUT2D eigenvalue weighted by atomic mass is 9.80. The number of anilines is 1. The topological polar surface area (TPSA) is 81.7 Å². The molecular weight excluding hydrogens is 354 g/mol. The standard InChI is InChI=1S/C19H15NO5S/c1-24-13-8-11-12(9-14(13)25-2)17(22)18(23)15(16(11)21)19(26)20-10-6-4-3-5-7-10/h3-9,15H,1-2H3,(H,20,26). The molecule has 0 fully saturated rings. The first-order valence-electron chi connectivity index (χ1n) is 7.72. The van der Waals surface area contributed by atoms with E-state index in [0.717, 1.165) is 0 Å². The Morgan fingerprint density at radius 2 is 1.50 bits per heavy atom. The van der Waals surface area contributed by atoms with Crippen molar-refractivity contribution in [3.63, 3.8) is 0 Å². The molecule has 0 radical (unpaired) electrons. The summed E-state index contributed by atoms with van der Waals surface area (Å²) in [7, 11) is 2.83. The summed E-state index contributed by atoms with van der Waals surface area (Å²) < 4.78 is 10.3. The first-order valence-corrected chi connectivity index (χ1v) is 8.13. The monoisotopic (exact) mass is 369 g/mol. The third kappa shape index (κ3) is 2.97. The number of ether oxygens (including phenoxy) is 2. The number of hydrogen-bond acceptors (Lipinski definition) is 6. The summed E-state index contributed by atoms with van der Waals surface area (Å²) in [6, 6.07) is 11.6. The smallest absolute Gasteiger partial charge is 0.230 e. The molecule has 0 saturated heterocycles. The van der Waals surface area contributed by atoms with Gasteiger partial charge in [0, 0.05) is 16.8 Å². The van der Waals surface area contributed by atoms with Crippen LogP contribution in [0.15, 0.2) is 42.5 Å².